The summed E-state index contributed by atoms with van der Waals surface area (Å²) in [5.74, 6) is 2.16. The second kappa shape index (κ2) is 4.68. The van der Waals surface area contributed by atoms with E-state index in [-0.39, 0.29) is 11.9 Å². The predicted molar refractivity (Wildman–Crippen MR) is 66.0 cm³/mol. The Morgan fingerprint density at radius 3 is 3.06 bits per heavy atom. The molecule has 6 nitrogen and oxygen atoms in total. The first kappa shape index (κ1) is 11.6. The van der Waals surface area contributed by atoms with Gasteiger partial charge in [0.25, 0.3) is 0 Å². The maximum absolute atomic E-state index is 11.6. The van der Waals surface area contributed by atoms with E-state index >= 15 is 0 Å². The largest absolute Gasteiger partial charge is 0.333 e. The SMILES string of the molecule is CC(=O)N1CCCC1c1nnc2n1CCNCC2. The highest BCUT2D eigenvalue weighted by molar-refractivity contribution is 5.74. The quantitative estimate of drug-likeness (QED) is 0.767. The van der Waals surface area contributed by atoms with Crippen LogP contribution in [0.25, 0.3) is 0 Å². The Bertz CT molecular complexity index is 455. The molecule has 1 amide bonds. The van der Waals surface area contributed by atoms with Gasteiger partial charge in [0.2, 0.25) is 5.91 Å². The summed E-state index contributed by atoms with van der Waals surface area (Å²) in [5.41, 5.74) is 0. The first-order chi connectivity index (χ1) is 8.77. The molecule has 0 saturated carbocycles. The molecule has 1 unspecified atom stereocenters. The number of carbonyl (C=O) groups excluding carboxylic acids is 1. The van der Waals surface area contributed by atoms with Crippen LogP contribution in [0.5, 0.6) is 0 Å². The highest BCUT2D eigenvalue weighted by atomic mass is 16.2. The van der Waals surface area contributed by atoms with Crippen molar-refractivity contribution in [3.63, 3.8) is 0 Å². The van der Waals surface area contributed by atoms with Crippen molar-refractivity contribution in [3.05, 3.63) is 11.6 Å². The summed E-state index contributed by atoms with van der Waals surface area (Å²) in [6, 6.07) is 0.127. The molecule has 1 saturated heterocycles. The van der Waals surface area contributed by atoms with E-state index in [2.05, 4.69) is 20.1 Å². The van der Waals surface area contributed by atoms with Crippen molar-refractivity contribution in [2.24, 2.45) is 0 Å². The van der Waals surface area contributed by atoms with Crippen LogP contribution in [0.2, 0.25) is 0 Å². The number of likely N-dealkylation sites (tertiary alicyclic amines) is 1. The molecule has 1 N–H and O–H groups in total. The Kier molecular flexibility index (Phi) is 3.03. The molecule has 0 radical (unpaired) electrons. The molecule has 2 aliphatic rings. The van der Waals surface area contributed by atoms with Gasteiger partial charge in [0.15, 0.2) is 5.82 Å². The predicted octanol–water partition coefficient (Wildman–Crippen LogP) is 0.107. The van der Waals surface area contributed by atoms with Crippen LogP contribution in [0.1, 0.15) is 37.5 Å². The minimum atomic E-state index is 0.127. The lowest BCUT2D eigenvalue weighted by atomic mass is 10.2. The number of aromatic nitrogens is 3. The monoisotopic (exact) mass is 249 g/mol. The molecule has 1 fully saturated rings. The number of amides is 1. The van der Waals surface area contributed by atoms with Crippen molar-refractivity contribution in [1.29, 1.82) is 0 Å². The normalized spacial score (nSPS) is 23.8. The molecule has 1 atom stereocenters. The Labute approximate surface area is 106 Å². The maximum Gasteiger partial charge on any atom is 0.220 e. The molecule has 98 valence electrons. The van der Waals surface area contributed by atoms with E-state index in [1.54, 1.807) is 6.92 Å². The zero-order valence-electron chi connectivity index (χ0n) is 10.7. The van der Waals surface area contributed by atoms with Gasteiger partial charge in [0.05, 0.1) is 6.04 Å². The molecule has 0 bridgehead atoms. The van der Waals surface area contributed by atoms with E-state index in [1.165, 1.54) is 0 Å². The van der Waals surface area contributed by atoms with Crippen LogP contribution in [-0.2, 0) is 17.8 Å². The molecule has 2 aliphatic heterocycles. The van der Waals surface area contributed by atoms with E-state index in [0.717, 1.165) is 57.1 Å². The van der Waals surface area contributed by atoms with Gasteiger partial charge in [-0.25, -0.2) is 0 Å². The Hall–Kier alpha value is -1.43. The molecule has 1 aromatic heterocycles. The summed E-state index contributed by atoms with van der Waals surface area (Å²) in [6.45, 7) is 5.30. The second-order valence-corrected chi connectivity index (χ2v) is 5.00. The first-order valence-corrected chi connectivity index (χ1v) is 6.67. The van der Waals surface area contributed by atoms with Gasteiger partial charge in [-0.1, -0.05) is 0 Å². The number of nitrogens with one attached hydrogen (secondary N) is 1. The van der Waals surface area contributed by atoms with Gasteiger partial charge < -0.3 is 14.8 Å². The molecule has 1 aromatic rings. The van der Waals surface area contributed by atoms with E-state index in [0.29, 0.717) is 0 Å². The van der Waals surface area contributed by atoms with Crippen LogP contribution in [-0.4, -0.2) is 45.2 Å². The maximum atomic E-state index is 11.6. The number of carbonyl (C=O) groups is 1. The summed E-state index contributed by atoms with van der Waals surface area (Å²) < 4.78 is 2.20. The van der Waals surface area contributed by atoms with Crippen molar-refractivity contribution in [3.8, 4) is 0 Å². The van der Waals surface area contributed by atoms with Crippen molar-refractivity contribution in [2.75, 3.05) is 19.6 Å². The minimum Gasteiger partial charge on any atom is -0.333 e. The molecule has 3 rings (SSSR count). The zero-order chi connectivity index (χ0) is 12.5. The smallest absolute Gasteiger partial charge is 0.220 e. The van der Waals surface area contributed by atoms with Gasteiger partial charge in [-0.15, -0.1) is 10.2 Å². The van der Waals surface area contributed by atoms with Crippen LogP contribution in [0.3, 0.4) is 0 Å². The molecular weight excluding hydrogens is 230 g/mol. The van der Waals surface area contributed by atoms with Crippen molar-refractivity contribution >= 4 is 5.91 Å². The van der Waals surface area contributed by atoms with Crippen molar-refractivity contribution < 1.29 is 4.79 Å². The summed E-state index contributed by atoms with van der Waals surface area (Å²) in [4.78, 5) is 13.6. The summed E-state index contributed by atoms with van der Waals surface area (Å²) >= 11 is 0. The third-order valence-electron chi connectivity index (χ3n) is 3.85. The average molecular weight is 249 g/mol. The fraction of sp³-hybridized carbons (Fsp3) is 0.750. The van der Waals surface area contributed by atoms with Gasteiger partial charge >= 0.3 is 0 Å². The highest BCUT2D eigenvalue weighted by Gasteiger charge is 2.32. The van der Waals surface area contributed by atoms with Crippen LogP contribution in [0, 0.1) is 0 Å². The van der Waals surface area contributed by atoms with Crippen LogP contribution < -0.4 is 5.32 Å². The lowest BCUT2D eigenvalue weighted by molar-refractivity contribution is -0.129. The Morgan fingerprint density at radius 1 is 1.33 bits per heavy atom. The topological polar surface area (TPSA) is 63.1 Å². The summed E-state index contributed by atoms with van der Waals surface area (Å²) in [6.07, 6.45) is 2.98. The number of fused-ring (bicyclic) bond motifs is 1. The van der Waals surface area contributed by atoms with Crippen molar-refractivity contribution in [1.82, 2.24) is 25.0 Å². The summed E-state index contributed by atoms with van der Waals surface area (Å²) in [5, 5.41) is 12.0. The molecule has 0 aromatic carbocycles. The van der Waals surface area contributed by atoms with Gasteiger partial charge in [-0.2, -0.15) is 0 Å². The van der Waals surface area contributed by atoms with Crippen LogP contribution >= 0.6 is 0 Å². The number of rotatable bonds is 1. The lowest BCUT2D eigenvalue weighted by Crippen LogP contribution is -2.30. The van der Waals surface area contributed by atoms with Crippen molar-refractivity contribution in [2.45, 2.75) is 38.8 Å². The van der Waals surface area contributed by atoms with Crippen LogP contribution in [0.4, 0.5) is 0 Å². The molecule has 3 heterocycles. The van der Waals surface area contributed by atoms with Gasteiger partial charge in [0, 0.05) is 39.5 Å². The zero-order valence-corrected chi connectivity index (χ0v) is 10.7. The fourth-order valence-corrected chi connectivity index (χ4v) is 2.95. The number of hydrogen-bond acceptors (Lipinski definition) is 4. The fourth-order valence-electron chi connectivity index (χ4n) is 2.95. The average Bonchev–Trinajstić information content (AvgIpc) is 2.90. The molecule has 0 aliphatic carbocycles. The standard InChI is InChI=1S/C12H19N5O/c1-9(18)16-7-2-3-10(16)12-15-14-11-4-5-13-6-8-17(11)12/h10,13H,2-8H2,1H3. The van der Waals surface area contributed by atoms with Gasteiger partial charge in [-0.05, 0) is 12.8 Å². The number of hydrogen-bond donors (Lipinski definition) is 1. The molecule has 0 spiro atoms. The molecule has 18 heavy (non-hydrogen) atoms. The number of nitrogens with zero attached hydrogens (tertiary/aromatic N) is 4. The first-order valence-electron chi connectivity index (χ1n) is 6.67. The van der Waals surface area contributed by atoms with E-state index < -0.39 is 0 Å². The second-order valence-electron chi connectivity index (χ2n) is 5.00. The highest BCUT2D eigenvalue weighted by Crippen LogP contribution is 2.31. The van der Waals surface area contributed by atoms with Crippen LogP contribution in [0.15, 0.2) is 0 Å². The Morgan fingerprint density at radius 2 is 2.22 bits per heavy atom. The Balaban J connectivity index is 1.92. The third kappa shape index (κ3) is 1.90. The van der Waals surface area contributed by atoms with Gasteiger partial charge in [-0.3, -0.25) is 4.79 Å². The van der Waals surface area contributed by atoms with Gasteiger partial charge in [0.1, 0.15) is 5.82 Å². The third-order valence-corrected chi connectivity index (χ3v) is 3.85. The summed E-state index contributed by atoms with van der Waals surface area (Å²) in [7, 11) is 0. The van der Waals surface area contributed by atoms with E-state index in [4.69, 9.17) is 0 Å². The lowest BCUT2D eigenvalue weighted by Gasteiger charge is -2.23. The van der Waals surface area contributed by atoms with E-state index in [1.807, 2.05) is 4.90 Å². The minimum absolute atomic E-state index is 0.127. The molecule has 6 heteroatoms. The van der Waals surface area contributed by atoms with E-state index in [9.17, 15) is 4.79 Å². The molecular formula is C12H19N5O.